The molecule has 0 heterocycles. The molecule has 3 heteroatoms. The second-order valence-corrected chi connectivity index (χ2v) is 7.69. The molecule has 2 aromatic rings. The number of aryl methyl sites for hydroxylation is 1. The molecule has 2 rings (SSSR count). The van der Waals surface area contributed by atoms with Gasteiger partial charge in [-0.25, -0.2) is 0 Å². The van der Waals surface area contributed by atoms with Gasteiger partial charge in [-0.3, -0.25) is 0 Å². The molecule has 0 aliphatic carbocycles. The number of halogens is 1. The van der Waals surface area contributed by atoms with Gasteiger partial charge in [-0.15, -0.1) is 0 Å². The van der Waals surface area contributed by atoms with Crippen molar-refractivity contribution in [1.82, 2.24) is 5.32 Å². The fourth-order valence-electron chi connectivity index (χ4n) is 1.97. The van der Waals surface area contributed by atoms with Gasteiger partial charge in [0.1, 0.15) is 0 Å². The van der Waals surface area contributed by atoms with E-state index in [4.69, 9.17) is 0 Å². The van der Waals surface area contributed by atoms with Crippen LogP contribution in [0, 0.1) is 12.8 Å². The smallest absolute Gasteiger partial charge is 0.0231 e. The molecular formula is C18H22BrNS. The summed E-state index contributed by atoms with van der Waals surface area (Å²) in [4.78, 5) is 2.54. The Morgan fingerprint density at radius 3 is 2.33 bits per heavy atom. The molecule has 0 aliphatic heterocycles. The molecule has 0 fully saturated rings. The minimum atomic E-state index is 0.681. The zero-order valence-corrected chi connectivity index (χ0v) is 15.2. The van der Waals surface area contributed by atoms with Crippen molar-refractivity contribution in [3.05, 3.63) is 58.1 Å². The molecule has 112 valence electrons. The Kier molecular flexibility index (Phi) is 6.34. The third-order valence-electron chi connectivity index (χ3n) is 3.15. The van der Waals surface area contributed by atoms with Gasteiger partial charge in [-0.1, -0.05) is 65.3 Å². The first-order chi connectivity index (χ1) is 10.0. The molecule has 0 saturated carbocycles. The highest BCUT2D eigenvalue weighted by atomic mass is 79.9. The standard InChI is InChI=1S/C18H22BrNS/c1-13(2)11-20-12-15-6-9-17(10-18(15)19)21-16-7-4-14(3)5-8-16/h4-10,13,20H,11-12H2,1-3H3. The van der Waals surface area contributed by atoms with E-state index in [1.165, 1.54) is 25.4 Å². The summed E-state index contributed by atoms with van der Waals surface area (Å²) in [5.41, 5.74) is 2.61. The summed E-state index contributed by atoms with van der Waals surface area (Å²) in [6.45, 7) is 8.53. The number of hydrogen-bond donors (Lipinski definition) is 1. The lowest BCUT2D eigenvalue weighted by Crippen LogP contribution is -2.19. The van der Waals surface area contributed by atoms with Gasteiger partial charge in [0.15, 0.2) is 0 Å². The lowest BCUT2D eigenvalue weighted by molar-refractivity contribution is 0.551. The molecule has 0 amide bonds. The van der Waals surface area contributed by atoms with E-state index in [1.807, 2.05) is 0 Å². The molecule has 2 aromatic carbocycles. The topological polar surface area (TPSA) is 12.0 Å². The van der Waals surface area contributed by atoms with Crippen LogP contribution in [0.15, 0.2) is 56.7 Å². The second-order valence-electron chi connectivity index (χ2n) is 5.69. The van der Waals surface area contributed by atoms with Crippen LogP contribution in [0.3, 0.4) is 0 Å². The number of hydrogen-bond acceptors (Lipinski definition) is 2. The Morgan fingerprint density at radius 2 is 1.71 bits per heavy atom. The van der Waals surface area contributed by atoms with Crippen molar-refractivity contribution in [3.63, 3.8) is 0 Å². The van der Waals surface area contributed by atoms with Crippen molar-refractivity contribution in [2.75, 3.05) is 6.54 Å². The summed E-state index contributed by atoms with van der Waals surface area (Å²) in [7, 11) is 0. The molecule has 21 heavy (non-hydrogen) atoms. The summed E-state index contributed by atoms with van der Waals surface area (Å²) in [5.74, 6) is 0.681. The molecule has 1 nitrogen and oxygen atoms in total. The predicted octanol–water partition coefficient (Wildman–Crippen LogP) is 5.65. The molecule has 0 atom stereocenters. The first-order valence-corrected chi connectivity index (χ1v) is 8.89. The van der Waals surface area contributed by atoms with Crippen molar-refractivity contribution in [2.45, 2.75) is 37.1 Å². The summed E-state index contributed by atoms with van der Waals surface area (Å²) in [6, 6.07) is 15.3. The third-order valence-corrected chi connectivity index (χ3v) is 4.88. The molecular weight excluding hydrogens is 342 g/mol. The van der Waals surface area contributed by atoms with E-state index in [1.54, 1.807) is 11.8 Å². The minimum Gasteiger partial charge on any atom is -0.312 e. The zero-order chi connectivity index (χ0) is 15.2. The van der Waals surface area contributed by atoms with E-state index < -0.39 is 0 Å². The van der Waals surface area contributed by atoms with Crippen LogP contribution in [-0.4, -0.2) is 6.54 Å². The van der Waals surface area contributed by atoms with Gasteiger partial charge < -0.3 is 5.32 Å². The van der Waals surface area contributed by atoms with Gasteiger partial charge in [0.25, 0.3) is 0 Å². The maximum atomic E-state index is 3.69. The minimum absolute atomic E-state index is 0.681. The highest BCUT2D eigenvalue weighted by Gasteiger charge is 2.04. The van der Waals surface area contributed by atoms with E-state index >= 15 is 0 Å². The molecule has 0 saturated heterocycles. The monoisotopic (exact) mass is 363 g/mol. The number of nitrogens with one attached hydrogen (secondary N) is 1. The van der Waals surface area contributed by atoms with E-state index in [-0.39, 0.29) is 0 Å². The van der Waals surface area contributed by atoms with E-state index in [2.05, 4.69) is 84.5 Å². The Labute approximate surface area is 140 Å². The maximum absolute atomic E-state index is 3.69. The first-order valence-electron chi connectivity index (χ1n) is 7.28. The molecule has 0 aliphatic rings. The first kappa shape index (κ1) is 16.6. The largest absolute Gasteiger partial charge is 0.312 e. The average Bonchev–Trinajstić information content (AvgIpc) is 2.43. The van der Waals surface area contributed by atoms with Crippen LogP contribution in [0.2, 0.25) is 0 Å². The summed E-state index contributed by atoms with van der Waals surface area (Å²) in [6.07, 6.45) is 0. The summed E-state index contributed by atoms with van der Waals surface area (Å²) in [5, 5.41) is 3.48. The summed E-state index contributed by atoms with van der Waals surface area (Å²) >= 11 is 5.48. The van der Waals surface area contributed by atoms with Crippen LogP contribution in [0.1, 0.15) is 25.0 Å². The maximum Gasteiger partial charge on any atom is 0.0231 e. The lowest BCUT2D eigenvalue weighted by atomic mass is 10.2. The van der Waals surface area contributed by atoms with Gasteiger partial charge in [-0.05, 0) is 49.2 Å². The van der Waals surface area contributed by atoms with E-state index in [0.717, 1.165) is 13.1 Å². The van der Waals surface area contributed by atoms with Crippen molar-refractivity contribution < 1.29 is 0 Å². The van der Waals surface area contributed by atoms with Gasteiger partial charge in [-0.2, -0.15) is 0 Å². The summed E-state index contributed by atoms with van der Waals surface area (Å²) < 4.78 is 1.18. The zero-order valence-electron chi connectivity index (χ0n) is 12.8. The second kappa shape index (κ2) is 8.02. The average molecular weight is 364 g/mol. The SMILES string of the molecule is Cc1ccc(Sc2ccc(CNCC(C)C)c(Br)c2)cc1. The van der Waals surface area contributed by atoms with Crippen LogP contribution in [-0.2, 0) is 6.54 Å². The van der Waals surface area contributed by atoms with Crippen LogP contribution in [0.4, 0.5) is 0 Å². The molecule has 1 N–H and O–H groups in total. The molecule has 0 radical (unpaired) electrons. The van der Waals surface area contributed by atoms with Crippen LogP contribution < -0.4 is 5.32 Å². The van der Waals surface area contributed by atoms with E-state index in [0.29, 0.717) is 5.92 Å². The van der Waals surface area contributed by atoms with Gasteiger partial charge in [0.2, 0.25) is 0 Å². The fourth-order valence-corrected chi connectivity index (χ4v) is 3.50. The Balaban J connectivity index is 1.99. The highest BCUT2D eigenvalue weighted by Crippen LogP contribution is 2.31. The Hall–Kier alpha value is -0.770. The number of rotatable bonds is 6. The predicted molar refractivity (Wildman–Crippen MR) is 96.0 cm³/mol. The van der Waals surface area contributed by atoms with Crippen molar-refractivity contribution in [3.8, 4) is 0 Å². The van der Waals surface area contributed by atoms with E-state index in [9.17, 15) is 0 Å². The van der Waals surface area contributed by atoms with Crippen molar-refractivity contribution in [1.29, 1.82) is 0 Å². The van der Waals surface area contributed by atoms with Crippen molar-refractivity contribution >= 4 is 27.7 Å². The van der Waals surface area contributed by atoms with Gasteiger partial charge in [0, 0.05) is 20.8 Å². The third kappa shape index (κ3) is 5.50. The van der Waals surface area contributed by atoms with Crippen LogP contribution in [0.25, 0.3) is 0 Å². The molecule has 0 unspecified atom stereocenters. The van der Waals surface area contributed by atoms with Crippen LogP contribution >= 0.6 is 27.7 Å². The van der Waals surface area contributed by atoms with Gasteiger partial charge in [0.05, 0.1) is 0 Å². The van der Waals surface area contributed by atoms with Crippen LogP contribution in [0.5, 0.6) is 0 Å². The van der Waals surface area contributed by atoms with Gasteiger partial charge >= 0.3 is 0 Å². The Bertz CT molecular complexity index is 578. The lowest BCUT2D eigenvalue weighted by Gasteiger charge is -2.10. The fraction of sp³-hybridized carbons (Fsp3) is 0.333. The molecule has 0 bridgehead atoms. The quantitative estimate of drug-likeness (QED) is 0.710. The van der Waals surface area contributed by atoms with Crippen molar-refractivity contribution in [2.24, 2.45) is 5.92 Å². The molecule has 0 spiro atoms. The molecule has 0 aromatic heterocycles. The normalized spacial score (nSPS) is 11.1. The highest BCUT2D eigenvalue weighted by molar-refractivity contribution is 9.10. The number of benzene rings is 2. The Morgan fingerprint density at radius 1 is 1.05 bits per heavy atom.